The van der Waals surface area contributed by atoms with Gasteiger partial charge in [0, 0.05) is 38.4 Å². The average Bonchev–Trinajstić information content (AvgIpc) is 2.79. The molecule has 2 atom stereocenters. The van der Waals surface area contributed by atoms with E-state index in [1.54, 1.807) is 0 Å². The minimum Gasteiger partial charge on any atom is -0.324 e. The van der Waals surface area contributed by atoms with Crippen molar-refractivity contribution >= 4 is 17.7 Å². The van der Waals surface area contributed by atoms with E-state index in [0.29, 0.717) is 5.92 Å². The molecule has 0 spiro atoms. The van der Waals surface area contributed by atoms with Crippen LogP contribution >= 0.6 is 0 Å². The maximum atomic E-state index is 12.9. The second kappa shape index (κ2) is 11.1. The van der Waals surface area contributed by atoms with E-state index in [1.807, 2.05) is 31.2 Å². The molecule has 1 amide bonds. The van der Waals surface area contributed by atoms with Crippen molar-refractivity contribution in [3.8, 4) is 0 Å². The molecule has 1 aliphatic heterocycles. The minimum absolute atomic E-state index is 0.0863. The summed E-state index contributed by atoms with van der Waals surface area (Å²) in [5.74, 6) is 0.521. The van der Waals surface area contributed by atoms with Gasteiger partial charge in [0.25, 0.3) is 0 Å². The molecule has 0 unspecified atom stereocenters. The van der Waals surface area contributed by atoms with E-state index in [4.69, 9.17) is 0 Å². The zero-order valence-electron chi connectivity index (χ0n) is 18.6. The Hall–Kier alpha value is -2.43. The lowest BCUT2D eigenvalue weighted by Crippen LogP contribution is -2.52. The number of carbonyl (C=O) groups is 1. The Kier molecular flexibility index (Phi) is 8.23. The summed E-state index contributed by atoms with van der Waals surface area (Å²) in [6.07, 6.45) is 5.47. The van der Waals surface area contributed by atoms with Crippen LogP contribution in [0, 0.1) is 0 Å². The van der Waals surface area contributed by atoms with Crippen LogP contribution in [-0.4, -0.2) is 54.5 Å². The number of nitrogens with zero attached hydrogens (tertiary/aromatic N) is 2. The second-order valence-electron chi connectivity index (χ2n) is 8.21. The number of nitrogens with one attached hydrogen (secondary N) is 1. The highest BCUT2D eigenvalue weighted by Crippen LogP contribution is 2.26. The molecule has 3 rings (SSSR count). The topological polar surface area (TPSA) is 35.6 Å². The molecule has 1 N–H and O–H groups in total. The number of rotatable bonds is 8. The number of carbonyl (C=O) groups excluding carboxylic acids is 1. The van der Waals surface area contributed by atoms with Gasteiger partial charge in [-0.1, -0.05) is 74.5 Å². The summed E-state index contributed by atoms with van der Waals surface area (Å²) in [5.41, 5.74) is 3.41. The number of hydrogen-bond acceptors (Lipinski definition) is 3. The Labute approximate surface area is 181 Å². The molecule has 0 bridgehead atoms. The molecule has 30 heavy (non-hydrogen) atoms. The summed E-state index contributed by atoms with van der Waals surface area (Å²) >= 11 is 0. The van der Waals surface area contributed by atoms with Crippen molar-refractivity contribution in [1.29, 1.82) is 0 Å². The highest BCUT2D eigenvalue weighted by atomic mass is 16.2. The Bertz CT molecular complexity index is 825. The fourth-order valence-electron chi connectivity index (χ4n) is 3.90. The predicted octanol–water partition coefficient (Wildman–Crippen LogP) is 4.86. The molecule has 1 saturated heterocycles. The molecule has 4 nitrogen and oxygen atoms in total. The monoisotopic (exact) mass is 405 g/mol. The lowest BCUT2D eigenvalue weighted by Gasteiger charge is -2.37. The summed E-state index contributed by atoms with van der Waals surface area (Å²) in [6.45, 7) is 11.2. The number of hydrogen-bond donors (Lipinski definition) is 1. The summed E-state index contributed by atoms with van der Waals surface area (Å²) < 4.78 is 0. The number of benzene rings is 2. The molecular formula is C26H35N3O. The van der Waals surface area contributed by atoms with Crippen LogP contribution in [0.5, 0.6) is 0 Å². The number of piperazine rings is 1. The quantitative estimate of drug-likeness (QED) is 0.681. The standard InChI is InChI=1S/C26H35N3O/c1-4-21(2)24-14-8-9-15-25(24)27-26(30)22(3)29-19-17-28(18-20-29)16-10-13-23-11-6-5-7-12-23/h5-15,21-22H,4,16-20H2,1-3H3,(H,27,30)/b13-10+/t21-,22+/m0/s1. The van der Waals surface area contributed by atoms with Gasteiger partial charge >= 0.3 is 0 Å². The van der Waals surface area contributed by atoms with Gasteiger partial charge in [0.2, 0.25) is 5.91 Å². The SMILES string of the molecule is CC[C@H](C)c1ccccc1NC(=O)[C@@H](C)N1CCN(C/C=C/c2ccccc2)CC1. The molecule has 160 valence electrons. The lowest BCUT2D eigenvalue weighted by atomic mass is 9.97. The zero-order chi connectivity index (χ0) is 21.3. The van der Waals surface area contributed by atoms with E-state index in [1.165, 1.54) is 11.1 Å². The van der Waals surface area contributed by atoms with Crippen molar-refractivity contribution in [3.05, 3.63) is 71.8 Å². The van der Waals surface area contributed by atoms with E-state index in [-0.39, 0.29) is 11.9 Å². The first-order valence-corrected chi connectivity index (χ1v) is 11.2. The first kappa shape index (κ1) is 22.3. The molecular weight excluding hydrogens is 370 g/mol. The Morgan fingerprint density at radius 1 is 1.00 bits per heavy atom. The molecule has 0 radical (unpaired) electrons. The second-order valence-corrected chi connectivity index (χ2v) is 8.21. The van der Waals surface area contributed by atoms with E-state index in [0.717, 1.165) is 44.8 Å². The molecule has 4 heteroatoms. The van der Waals surface area contributed by atoms with Gasteiger partial charge in [-0.3, -0.25) is 14.6 Å². The van der Waals surface area contributed by atoms with Crippen LogP contribution in [0.3, 0.4) is 0 Å². The molecule has 0 aromatic heterocycles. The summed E-state index contributed by atoms with van der Waals surface area (Å²) in [5, 5.41) is 3.18. The lowest BCUT2D eigenvalue weighted by molar-refractivity contribution is -0.121. The van der Waals surface area contributed by atoms with Gasteiger partial charge in [-0.2, -0.15) is 0 Å². The van der Waals surface area contributed by atoms with Crippen LogP contribution in [-0.2, 0) is 4.79 Å². The predicted molar refractivity (Wildman–Crippen MR) is 127 cm³/mol. The largest absolute Gasteiger partial charge is 0.324 e. The van der Waals surface area contributed by atoms with E-state index in [9.17, 15) is 4.79 Å². The van der Waals surface area contributed by atoms with Crippen LogP contribution in [0.1, 0.15) is 44.2 Å². The first-order valence-electron chi connectivity index (χ1n) is 11.2. The van der Waals surface area contributed by atoms with Gasteiger partial charge in [0.05, 0.1) is 6.04 Å². The van der Waals surface area contributed by atoms with E-state index < -0.39 is 0 Å². The molecule has 1 fully saturated rings. The van der Waals surface area contributed by atoms with Crippen LogP contribution in [0.2, 0.25) is 0 Å². The molecule has 2 aromatic rings. The van der Waals surface area contributed by atoms with Gasteiger partial charge < -0.3 is 5.32 Å². The Balaban J connectivity index is 1.48. The Morgan fingerprint density at radius 3 is 2.37 bits per heavy atom. The van der Waals surface area contributed by atoms with E-state index >= 15 is 0 Å². The normalized spacial score (nSPS) is 17.7. The van der Waals surface area contributed by atoms with Crippen molar-refractivity contribution in [2.45, 2.75) is 39.2 Å². The molecule has 1 aliphatic rings. The summed E-state index contributed by atoms with van der Waals surface area (Å²) in [6, 6.07) is 18.5. The van der Waals surface area contributed by atoms with Gasteiger partial charge in [-0.05, 0) is 36.5 Å². The first-order chi connectivity index (χ1) is 14.6. The van der Waals surface area contributed by atoms with E-state index in [2.05, 4.69) is 71.4 Å². The van der Waals surface area contributed by atoms with Crippen molar-refractivity contribution in [1.82, 2.24) is 9.80 Å². The van der Waals surface area contributed by atoms with Crippen LogP contribution in [0.15, 0.2) is 60.7 Å². The van der Waals surface area contributed by atoms with Crippen LogP contribution in [0.25, 0.3) is 6.08 Å². The van der Waals surface area contributed by atoms with Crippen LogP contribution < -0.4 is 5.32 Å². The average molecular weight is 406 g/mol. The number of para-hydroxylation sites is 1. The fourth-order valence-corrected chi connectivity index (χ4v) is 3.90. The smallest absolute Gasteiger partial charge is 0.241 e. The molecule has 2 aromatic carbocycles. The summed E-state index contributed by atoms with van der Waals surface area (Å²) in [4.78, 5) is 17.6. The van der Waals surface area contributed by atoms with Gasteiger partial charge in [-0.15, -0.1) is 0 Å². The third kappa shape index (κ3) is 6.04. The third-order valence-electron chi connectivity index (χ3n) is 6.17. The minimum atomic E-state index is -0.128. The maximum Gasteiger partial charge on any atom is 0.241 e. The van der Waals surface area contributed by atoms with Gasteiger partial charge in [0.1, 0.15) is 0 Å². The third-order valence-corrected chi connectivity index (χ3v) is 6.17. The van der Waals surface area contributed by atoms with Gasteiger partial charge in [-0.25, -0.2) is 0 Å². The van der Waals surface area contributed by atoms with Gasteiger partial charge in [0.15, 0.2) is 0 Å². The number of anilines is 1. The Morgan fingerprint density at radius 2 is 1.67 bits per heavy atom. The fraction of sp³-hybridized carbons (Fsp3) is 0.423. The highest BCUT2D eigenvalue weighted by Gasteiger charge is 2.25. The van der Waals surface area contributed by atoms with Crippen molar-refractivity contribution in [3.63, 3.8) is 0 Å². The molecule has 1 heterocycles. The highest BCUT2D eigenvalue weighted by molar-refractivity contribution is 5.95. The number of amides is 1. The van der Waals surface area contributed by atoms with Crippen molar-refractivity contribution in [2.75, 3.05) is 38.0 Å². The zero-order valence-corrected chi connectivity index (χ0v) is 18.6. The van der Waals surface area contributed by atoms with Crippen molar-refractivity contribution < 1.29 is 4.79 Å². The molecule has 0 saturated carbocycles. The summed E-state index contributed by atoms with van der Waals surface area (Å²) in [7, 11) is 0. The van der Waals surface area contributed by atoms with Crippen LogP contribution in [0.4, 0.5) is 5.69 Å². The van der Waals surface area contributed by atoms with Crippen molar-refractivity contribution in [2.24, 2.45) is 0 Å². The maximum absolute atomic E-state index is 12.9. The molecule has 0 aliphatic carbocycles.